The van der Waals surface area contributed by atoms with Gasteiger partial charge in [0.05, 0.1) is 0 Å². The minimum Gasteiger partial charge on any atom is -0.518 e. The summed E-state index contributed by atoms with van der Waals surface area (Å²) in [6.07, 6.45) is 3.35. The van der Waals surface area contributed by atoms with Gasteiger partial charge < -0.3 is 4.43 Å². The molecule has 0 atom stereocenters. The fourth-order valence-corrected chi connectivity index (χ4v) is 1.51. The summed E-state index contributed by atoms with van der Waals surface area (Å²) in [5.74, 6) is 0.635. The van der Waals surface area contributed by atoms with E-state index in [4.69, 9.17) is 4.43 Å². The van der Waals surface area contributed by atoms with Gasteiger partial charge in [0.25, 0.3) is 0 Å². The summed E-state index contributed by atoms with van der Waals surface area (Å²) in [6.45, 7) is 8.12. The van der Waals surface area contributed by atoms with Crippen molar-refractivity contribution in [2.75, 3.05) is 0 Å². The summed E-state index contributed by atoms with van der Waals surface area (Å²) in [6, 6.07) is 2.17. The minimum absolute atomic E-state index is 0.423. The molecular weight excluding hydrogens is 194 g/mol. The quantitative estimate of drug-likeness (QED) is 0.567. The van der Waals surface area contributed by atoms with E-state index in [1.54, 1.807) is 18.5 Å². The molecule has 1 aromatic heterocycles. The standard InChI is InChI=1S/C9H15N3OSi/c1-5-10-8-6-7-11-9(12-8)13-14(2,3)4/h5-7H,1-4H3/b10-5-. The normalized spacial score (nSPS) is 12.0. The summed E-state index contributed by atoms with van der Waals surface area (Å²) in [5.41, 5.74) is 0. The van der Waals surface area contributed by atoms with E-state index in [1.807, 2.05) is 6.92 Å². The lowest BCUT2D eigenvalue weighted by Gasteiger charge is -2.16. The van der Waals surface area contributed by atoms with Gasteiger partial charge in [0.1, 0.15) is 0 Å². The smallest absolute Gasteiger partial charge is 0.304 e. The molecule has 5 heteroatoms. The van der Waals surface area contributed by atoms with Crippen molar-refractivity contribution in [3.8, 4) is 6.01 Å². The van der Waals surface area contributed by atoms with Crippen LogP contribution in [0.4, 0.5) is 5.82 Å². The highest BCUT2D eigenvalue weighted by molar-refractivity contribution is 6.70. The summed E-state index contributed by atoms with van der Waals surface area (Å²) in [7, 11) is -1.62. The topological polar surface area (TPSA) is 47.4 Å². The monoisotopic (exact) mass is 209 g/mol. The Kier molecular flexibility index (Phi) is 3.35. The van der Waals surface area contributed by atoms with Crippen molar-refractivity contribution < 1.29 is 4.43 Å². The zero-order valence-electron chi connectivity index (χ0n) is 8.98. The number of rotatable bonds is 3. The molecule has 1 rings (SSSR count). The van der Waals surface area contributed by atoms with E-state index in [1.165, 1.54) is 0 Å². The van der Waals surface area contributed by atoms with Gasteiger partial charge >= 0.3 is 6.01 Å². The second-order valence-electron chi connectivity index (χ2n) is 3.80. The van der Waals surface area contributed by atoms with Gasteiger partial charge in [-0.05, 0) is 26.6 Å². The van der Waals surface area contributed by atoms with E-state index in [-0.39, 0.29) is 0 Å². The molecule has 76 valence electrons. The van der Waals surface area contributed by atoms with E-state index in [0.717, 1.165) is 0 Å². The first-order valence-electron chi connectivity index (χ1n) is 4.52. The lowest BCUT2D eigenvalue weighted by Crippen LogP contribution is -2.30. The molecule has 4 nitrogen and oxygen atoms in total. The maximum atomic E-state index is 5.63. The highest BCUT2D eigenvalue weighted by Crippen LogP contribution is 2.13. The second-order valence-corrected chi connectivity index (χ2v) is 8.23. The van der Waals surface area contributed by atoms with Crippen molar-refractivity contribution in [2.24, 2.45) is 4.99 Å². The molecule has 0 spiro atoms. The first kappa shape index (κ1) is 10.8. The number of nitrogens with zero attached hydrogens (tertiary/aromatic N) is 3. The Labute approximate surface area is 85.2 Å². The Balaban J connectivity index is 2.84. The third kappa shape index (κ3) is 3.65. The van der Waals surface area contributed by atoms with Gasteiger partial charge in [-0.15, -0.1) is 0 Å². The highest BCUT2D eigenvalue weighted by atomic mass is 28.4. The summed E-state index contributed by atoms with van der Waals surface area (Å²) >= 11 is 0. The van der Waals surface area contributed by atoms with E-state index >= 15 is 0 Å². The maximum Gasteiger partial charge on any atom is 0.304 e. The summed E-state index contributed by atoms with van der Waals surface area (Å²) in [5, 5.41) is 0. The van der Waals surface area contributed by atoms with Crippen LogP contribution in [0.15, 0.2) is 17.3 Å². The number of hydrogen-bond donors (Lipinski definition) is 0. The van der Waals surface area contributed by atoms with Crippen molar-refractivity contribution in [1.82, 2.24) is 9.97 Å². The van der Waals surface area contributed by atoms with Crippen molar-refractivity contribution in [2.45, 2.75) is 26.6 Å². The van der Waals surface area contributed by atoms with Crippen molar-refractivity contribution >= 4 is 20.3 Å². The van der Waals surface area contributed by atoms with Crippen LogP contribution in [0.25, 0.3) is 0 Å². The third-order valence-corrected chi connectivity index (χ3v) is 2.07. The van der Waals surface area contributed by atoms with E-state index in [2.05, 4.69) is 34.6 Å². The van der Waals surface area contributed by atoms with Crippen LogP contribution in [0, 0.1) is 0 Å². The SMILES string of the molecule is C/C=N\c1ccnc(O[Si](C)(C)C)n1. The Hall–Kier alpha value is -1.23. The Bertz CT molecular complexity index is 333. The van der Waals surface area contributed by atoms with Crippen LogP contribution < -0.4 is 4.43 Å². The lowest BCUT2D eigenvalue weighted by molar-refractivity contribution is 0.510. The van der Waals surface area contributed by atoms with Crippen LogP contribution >= 0.6 is 0 Å². The molecule has 0 aromatic carbocycles. The maximum absolute atomic E-state index is 5.63. The molecule has 0 fully saturated rings. The van der Waals surface area contributed by atoms with Crippen molar-refractivity contribution in [1.29, 1.82) is 0 Å². The molecule has 1 heterocycles. The average Bonchev–Trinajstić information content (AvgIpc) is 2.02. The van der Waals surface area contributed by atoms with Gasteiger partial charge in [0, 0.05) is 18.5 Å². The molecule has 0 aliphatic heterocycles. The molecule has 0 bridgehead atoms. The Morgan fingerprint density at radius 3 is 2.71 bits per heavy atom. The van der Waals surface area contributed by atoms with E-state index < -0.39 is 8.32 Å². The van der Waals surface area contributed by atoms with Gasteiger partial charge in [-0.1, -0.05) is 0 Å². The van der Waals surface area contributed by atoms with Crippen LogP contribution in [-0.4, -0.2) is 24.5 Å². The fourth-order valence-electron chi connectivity index (χ4n) is 0.859. The zero-order chi connectivity index (χ0) is 10.6. The first-order chi connectivity index (χ1) is 6.51. The molecule has 0 N–H and O–H groups in total. The summed E-state index contributed by atoms with van der Waals surface area (Å²) in [4.78, 5) is 12.2. The molecule has 0 aliphatic rings. The lowest BCUT2D eigenvalue weighted by atomic mass is 10.6. The van der Waals surface area contributed by atoms with Gasteiger partial charge in [-0.25, -0.2) is 9.98 Å². The van der Waals surface area contributed by atoms with Gasteiger partial charge in [-0.2, -0.15) is 4.98 Å². The third-order valence-electron chi connectivity index (χ3n) is 1.28. The van der Waals surface area contributed by atoms with Crippen LogP contribution in [0.1, 0.15) is 6.92 Å². The van der Waals surface area contributed by atoms with E-state index in [0.29, 0.717) is 11.8 Å². The zero-order valence-corrected chi connectivity index (χ0v) is 9.98. The van der Waals surface area contributed by atoms with Crippen molar-refractivity contribution in [3.63, 3.8) is 0 Å². The number of hydrogen-bond acceptors (Lipinski definition) is 4. The Morgan fingerprint density at radius 2 is 2.14 bits per heavy atom. The van der Waals surface area contributed by atoms with Gasteiger partial charge in [-0.3, -0.25) is 0 Å². The molecule has 14 heavy (non-hydrogen) atoms. The van der Waals surface area contributed by atoms with Gasteiger partial charge in [0.2, 0.25) is 8.32 Å². The molecule has 0 aliphatic carbocycles. The first-order valence-corrected chi connectivity index (χ1v) is 7.93. The van der Waals surface area contributed by atoms with Gasteiger partial charge in [0.15, 0.2) is 5.82 Å². The Morgan fingerprint density at radius 1 is 1.43 bits per heavy atom. The minimum atomic E-state index is -1.62. The predicted molar refractivity (Wildman–Crippen MR) is 59.8 cm³/mol. The summed E-state index contributed by atoms with van der Waals surface area (Å²) < 4.78 is 5.63. The number of aliphatic imine (C=N–C) groups is 1. The largest absolute Gasteiger partial charge is 0.518 e. The predicted octanol–water partition coefficient (Wildman–Crippen LogP) is 2.41. The van der Waals surface area contributed by atoms with Crippen LogP contribution in [0.5, 0.6) is 6.01 Å². The van der Waals surface area contributed by atoms with Crippen LogP contribution in [-0.2, 0) is 0 Å². The second kappa shape index (κ2) is 4.32. The van der Waals surface area contributed by atoms with Crippen LogP contribution in [0.2, 0.25) is 19.6 Å². The molecule has 1 aromatic rings. The molecule has 0 amide bonds. The highest BCUT2D eigenvalue weighted by Gasteiger charge is 2.17. The average molecular weight is 209 g/mol. The number of aromatic nitrogens is 2. The van der Waals surface area contributed by atoms with E-state index in [9.17, 15) is 0 Å². The molecule has 0 saturated carbocycles. The van der Waals surface area contributed by atoms with Crippen LogP contribution in [0.3, 0.4) is 0 Å². The molecular formula is C9H15N3OSi. The molecule has 0 unspecified atom stereocenters. The van der Waals surface area contributed by atoms with Crippen molar-refractivity contribution in [3.05, 3.63) is 12.3 Å². The molecule has 0 radical (unpaired) electrons. The fraction of sp³-hybridized carbons (Fsp3) is 0.444. The molecule has 0 saturated heterocycles.